The number of carbonyl (C=O) groups excluding carboxylic acids is 1. The van der Waals surface area contributed by atoms with Crippen molar-refractivity contribution in [1.82, 2.24) is 4.90 Å². The zero-order valence-corrected chi connectivity index (χ0v) is 11.8. The van der Waals surface area contributed by atoms with E-state index in [0.29, 0.717) is 6.54 Å². The Hall–Kier alpha value is -0.820. The quantitative estimate of drug-likeness (QED) is 0.816. The number of hydrogen-bond donors (Lipinski definition) is 1. The Morgan fingerprint density at radius 2 is 1.90 bits per heavy atom. The fourth-order valence-corrected chi connectivity index (χ4v) is 2.50. The standard InChI is InChI=1S/C13H23F3N2O2/c1-2-7-18(11-5-3-10(17)4-6-11)12(19)8-20-9-13(14,15)16/h10-11H,2-9,17H2,1H3. The minimum Gasteiger partial charge on any atom is -0.362 e. The maximum absolute atomic E-state index is 12.0. The Morgan fingerprint density at radius 1 is 1.30 bits per heavy atom. The summed E-state index contributed by atoms with van der Waals surface area (Å²) in [5, 5.41) is 0. The number of amides is 1. The van der Waals surface area contributed by atoms with Gasteiger partial charge in [0, 0.05) is 18.6 Å². The van der Waals surface area contributed by atoms with Crippen LogP contribution in [0.5, 0.6) is 0 Å². The van der Waals surface area contributed by atoms with Gasteiger partial charge in [0.05, 0.1) is 0 Å². The molecule has 118 valence electrons. The van der Waals surface area contributed by atoms with E-state index in [0.717, 1.165) is 32.1 Å². The minimum absolute atomic E-state index is 0.0803. The molecule has 2 N–H and O–H groups in total. The number of alkyl halides is 3. The van der Waals surface area contributed by atoms with Crippen molar-refractivity contribution < 1.29 is 22.7 Å². The summed E-state index contributed by atoms with van der Waals surface area (Å²) in [7, 11) is 0. The van der Waals surface area contributed by atoms with Crippen molar-refractivity contribution in [1.29, 1.82) is 0 Å². The lowest BCUT2D eigenvalue weighted by Crippen LogP contribution is -2.46. The molecular weight excluding hydrogens is 273 g/mol. The van der Waals surface area contributed by atoms with Gasteiger partial charge in [-0.25, -0.2) is 0 Å². The molecule has 1 rings (SSSR count). The molecule has 1 saturated carbocycles. The molecular formula is C13H23F3N2O2. The van der Waals surface area contributed by atoms with Gasteiger partial charge < -0.3 is 15.4 Å². The first-order valence-electron chi connectivity index (χ1n) is 7.03. The van der Waals surface area contributed by atoms with E-state index in [4.69, 9.17) is 5.73 Å². The molecule has 20 heavy (non-hydrogen) atoms. The molecule has 0 aromatic heterocycles. The van der Waals surface area contributed by atoms with Crippen LogP contribution < -0.4 is 5.73 Å². The van der Waals surface area contributed by atoms with Gasteiger partial charge >= 0.3 is 6.18 Å². The van der Waals surface area contributed by atoms with E-state index in [1.165, 1.54) is 0 Å². The van der Waals surface area contributed by atoms with Gasteiger partial charge in [0.2, 0.25) is 5.91 Å². The van der Waals surface area contributed by atoms with Gasteiger partial charge in [-0.1, -0.05) is 6.92 Å². The first-order valence-corrected chi connectivity index (χ1v) is 7.03. The lowest BCUT2D eigenvalue weighted by atomic mass is 9.90. The zero-order chi connectivity index (χ0) is 15.2. The summed E-state index contributed by atoms with van der Waals surface area (Å²) in [4.78, 5) is 13.7. The number of nitrogens with two attached hydrogens (primary N) is 1. The van der Waals surface area contributed by atoms with E-state index in [1.807, 2.05) is 6.92 Å². The number of ether oxygens (including phenoxy) is 1. The largest absolute Gasteiger partial charge is 0.411 e. The fraction of sp³-hybridized carbons (Fsp3) is 0.923. The Labute approximate surface area is 117 Å². The molecule has 7 heteroatoms. The average molecular weight is 296 g/mol. The van der Waals surface area contributed by atoms with E-state index in [-0.39, 0.29) is 18.0 Å². The van der Waals surface area contributed by atoms with Crippen LogP contribution >= 0.6 is 0 Å². The summed E-state index contributed by atoms with van der Waals surface area (Å²) in [6.45, 7) is 0.593. The predicted molar refractivity (Wildman–Crippen MR) is 69.1 cm³/mol. The van der Waals surface area contributed by atoms with Crippen LogP contribution in [0.2, 0.25) is 0 Å². The van der Waals surface area contributed by atoms with Crippen molar-refractivity contribution in [3.8, 4) is 0 Å². The van der Waals surface area contributed by atoms with Crippen LogP contribution in [0.15, 0.2) is 0 Å². The smallest absolute Gasteiger partial charge is 0.362 e. The molecule has 0 aromatic carbocycles. The predicted octanol–water partition coefficient (Wildman–Crippen LogP) is 2.07. The topological polar surface area (TPSA) is 55.6 Å². The van der Waals surface area contributed by atoms with Crippen molar-refractivity contribution in [2.45, 2.75) is 57.3 Å². The van der Waals surface area contributed by atoms with E-state index >= 15 is 0 Å². The van der Waals surface area contributed by atoms with Gasteiger partial charge in [0.15, 0.2) is 0 Å². The first kappa shape index (κ1) is 17.2. The number of carbonyl (C=O) groups is 1. The third-order valence-electron chi connectivity index (χ3n) is 3.46. The summed E-state index contributed by atoms with van der Waals surface area (Å²) in [6.07, 6.45) is -0.303. The van der Waals surface area contributed by atoms with Crippen LogP contribution in [0.1, 0.15) is 39.0 Å². The molecule has 0 aliphatic heterocycles. The maximum atomic E-state index is 12.0. The molecule has 1 aliphatic rings. The summed E-state index contributed by atoms with van der Waals surface area (Å²) >= 11 is 0. The molecule has 0 spiro atoms. The highest BCUT2D eigenvalue weighted by molar-refractivity contribution is 5.77. The van der Waals surface area contributed by atoms with Crippen molar-refractivity contribution >= 4 is 5.91 Å². The first-order chi connectivity index (χ1) is 9.33. The SMILES string of the molecule is CCCN(C(=O)COCC(F)(F)F)C1CCC(N)CC1. The normalized spacial score (nSPS) is 23.6. The molecule has 1 aliphatic carbocycles. The average Bonchev–Trinajstić information content (AvgIpc) is 2.35. The Morgan fingerprint density at radius 3 is 2.40 bits per heavy atom. The molecule has 0 aromatic rings. The highest BCUT2D eigenvalue weighted by Gasteiger charge is 2.30. The van der Waals surface area contributed by atoms with E-state index in [9.17, 15) is 18.0 Å². The molecule has 0 saturated heterocycles. The van der Waals surface area contributed by atoms with Crippen molar-refractivity contribution in [3.63, 3.8) is 0 Å². The highest BCUT2D eigenvalue weighted by atomic mass is 19.4. The third kappa shape index (κ3) is 6.09. The van der Waals surface area contributed by atoms with Crippen LogP contribution in [0.3, 0.4) is 0 Å². The molecule has 1 fully saturated rings. The Balaban J connectivity index is 2.46. The molecule has 4 nitrogen and oxygen atoms in total. The fourth-order valence-electron chi connectivity index (χ4n) is 2.50. The van der Waals surface area contributed by atoms with Crippen LogP contribution in [-0.4, -0.2) is 48.8 Å². The van der Waals surface area contributed by atoms with Crippen molar-refractivity contribution in [2.24, 2.45) is 5.73 Å². The molecule has 0 heterocycles. The zero-order valence-electron chi connectivity index (χ0n) is 11.8. The third-order valence-corrected chi connectivity index (χ3v) is 3.46. The molecule has 0 unspecified atom stereocenters. The van der Waals surface area contributed by atoms with Gasteiger partial charge in [-0.05, 0) is 32.1 Å². The number of hydrogen-bond acceptors (Lipinski definition) is 3. The lowest BCUT2D eigenvalue weighted by Gasteiger charge is -2.36. The van der Waals surface area contributed by atoms with Crippen LogP contribution in [-0.2, 0) is 9.53 Å². The number of halogens is 3. The minimum atomic E-state index is -4.40. The van der Waals surface area contributed by atoms with Crippen LogP contribution in [0.4, 0.5) is 13.2 Å². The maximum Gasteiger partial charge on any atom is 0.411 e. The highest BCUT2D eigenvalue weighted by Crippen LogP contribution is 2.23. The van der Waals surface area contributed by atoms with E-state index in [1.54, 1.807) is 4.90 Å². The van der Waals surface area contributed by atoms with Crippen molar-refractivity contribution in [3.05, 3.63) is 0 Å². The molecule has 0 radical (unpaired) electrons. The number of rotatable bonds is 6. The summed E-state index contributed by atoms with van der Waals surface area (Å²) in [5.41, 5.74) is 5.82. The van der Waals surface area contributed by atoms with Crippen LogP contribution in [0.25, 0.3) is 0 Å². The van der Waals surface area contributed by atoms with Gasteiger partial charge in [-0.2, -0.15) is 13.2 Å². The van der Waals surface area contributed by atoms with E-state index in [2.05, 4.69) is 4.74 Å². The van der Waals surface area contributed by atoms with Gasteiger partial charge in [0.1, 0.15) is 13.2 Å². The van der Waals surface area contributed by atoms with Crippen molar-refractivity contribution in [2.75, 3.05) is 19.8 Å². The molecule has 0 atom stereocenters. The second kappa shape index (κ2) is 7.83. The molecule has 1 amide bonds. The summed E-state index contributed by atoms with van der Waals surface area (Å²) in [5.74, 6) is -0.364. The molecule has 0 bridgehead atoms. The monoisotopic (exact) mass is 296 g/mol. The Bertz CT molecular complexity index is 302. The van der Waals surface area contributed by atoms with Gasteiger partial charge in [-0.15, -0.1) is 0 Å². The second-order valence-corrected chi connectivity index (χ2v) is 5.26. The number of nitrogens with zero attached hydrogens (tertiary/aromatic N) is 1. The summed E-state index contributed by atoms with van der Waals surface area (Å²) in [6, 6.07) is 0.253. The summed E-state index contributed by atoms with van der Waals surface area (Å²) < 4.78 is 40.4. The van der Waals surface area contributed by atoms with Gasteiger partial charge in [0.25, 0.3) is 0 Å². The lowest BCUT2D eigenvalue weighted by molar-refractivity contribution is -0.178. The van der Waals surface area contributed by atoms with E-state index < -0.39 is 19.4 Å². The second-order valence-electron chi connectivity index (χ2n) is 5.26. The Kier molecular flexibility index (Phi) is 6.75. The van der Waals surface area contributed by atoms with Gasteiger partial charge in [-0.3, -0.25) is 4.79 Å². The van der Waals surface area contributed by atoms with Crippen LogP contribution in [0, 0.1) is 0 Å².